The van der Waals surface area contributed by atoms with Crippen LogP contribution in [0.3, 0.4) is 0 Å². The molecule has 2 aromatic carbocycles. The van der Waals surface area contributed by atoms with Crippen LogP contribution in [0.5, 0.6) is 5.75 Å². The van der Waals surface area contributed by atoms with Crippen LogP contribution >= 0.6 is 0 Å². The van der Waals surface area contributed by atoms with Gasteiger partial charge in [-0.15, -0.1) is 0 Å². The van der Waals surface area contributed by atoms with Crippen LogP contribution in [-0.2, 0) is 17.8 Å². The lowest BCUT2D eigenvalue weighted by Gasteiger charge is -2.09. The number of carbonyl (C=O) groups is 1. The lowest BCUT2D eigenvalue weighted by molar-refractivity contribution is -0.386. The number of benzene rings is 2. The zero-order valence-corrected chi connectivity index (χ0v) is 11.0. The third-order valence-corrected chi connectivity index (χ3v) is 2.81. The molecule has 0 spiro atoms. The van der Waals surface area contributed by atoms with Crippen molar-refractivity contribution in [2.75, 3.05) is 0 Å². The first-order valence-electron chi connectivity index (χ1n) is 6.20. The van der Waals surface area contributed by atoms with E-state index in [0.29, 0.717) is 5.56 Å². The Morgan fingerprint density at radius 2 is 1.81 bits per heavy atom. The molecule has 0 fully saturated rings. The van der Waals surface area contributed by atoms with Gasteiger partial charge < -0.3 is 14.6 Å². The van der Waals surface area contributed by atoms with Gasteiger partial charge in [0.15, 0.2) is 5.75 Å². The topological polar surface area (TPSA) is 92.5 Å². The smallest absolute Gasteiger partial charge is 0.311 e. The maximum atomic E-state index is 11.0. The monoisotopic (exact) mass is 286 g/mol. The van der Waals surface area contributed by atoms with Gasteiger partial charge in [-0.1, -0.05) is 36.4 Å². The molecule has 2 rings (SSSR count). The predicted molar refractivity (Wildman–Crippen MR) is 72.6 cm³/mol. The van der Waals surface area contributed by atoms with E-state index in [1.54, 1.807) is 0 Å². The molecule has 0 saturated carbocycles. The SMILES string of the molecule is O=C([O-])Cc1ccc(OCc2ccccc2)c([N+](=O)[O-])c1. The number of rotatable bonds is 6. The number of nitro groups is 1. The van der Waals surface area contributed by atoms with Crippen LogP contribution < -0.4 is 9.84 Å². The molecule has 0 aliphatic rings. The Kier molecular flexibility index (Phi) is 4.50. The highest BCUT2D eigenvalue weighted by molar-refractivity contribution is 5.68. The Balaban J connectivity index is 2.18. The minimum atomic E-state index is -1.29. The van der Waals surface area contributed by atoms with Gasteiger partial charge in [0.05, 0.1) is 4.92 Å². The highest BCUT2D eigenvalue weighted by Crippen LogP contribution is 2.28. The van der Waals surface area contributed by atoms with Gasteiger partial charge in [-0.3, -0.25) is 10.1 Å². The number of nitro benzene ring substituents is 1. The fourth-order valence-corrected chi connectivity index (χ4v) is 1.84. The van der Waals surface area contributed by atoms with Crippen molar-refractivity contribution in [3.05, 3.63) is 69.8 Å². The molecule has 0 bridgehead atoms. The first kappa shape index (κ1) is 14.5. The summed E-state index contributed by atoms with van der Waals surface area (Å²) in [5.41, 5.74) is 0.920. The van der Waals surface area contributed by atoms with Crippen molar-refractivity contribution in [1.82, 2.24) is 0 Å². The van der Waals surface area contributed by atoms with Gasteiger partial charge in [0.25, 0.3) is 0 Å². The van der Waals surface area contributed by atoms with E-state index in [4.69, 9.17) is 4.74 Å². The van der Waals surface area contributed by atoms with Crippen LogP contribution in [0.2, 0.25) is 0 Å². The zero-order valence-electron chi connectivity index (χ0n) is 11.0. The minimum Gasteiger partial charge on any atom is -0.550 e. The molecule has 0 saturated heterocycles. The first-order valence-corrected chi connectivity index (χ1v) is 6.20. The third-order valence-electron chi connectivity index (χ3n) is 2.81. The summed E-state index contributed by atoms with van der Waals surface area (Å²) in [5.74, 6) is -1.19. The lowest BCUT2D eigenvalue weighted by Crippen LogP contribution is -2.24. The van der Waals surface area contributed by atoms with E-state index in [-0.39, 0.29) is 24.5 Å². The van der Waals surface area contributed by atoms with Crippen molar-refractivity contribution in [2.24, 2.45) is 0 Å². The Hall–Kier alpha value is -2.89. The van der Waals surface area contributed by atoms with Crippen molar-refractivity contribution in [3.63, 3.8) is 0 Å². The molecule has 21 heavy (non-hydrogen) atoms. The number of carbonyl (C=O) groups excluding carboxylic acids is 1. The van der Waals surface area contributed by atoms with Crippen LogP contribution in [0.4, 0.5) is 5.69 Å². The van der Waals surface area contributed by atoms with Gasteiger partial charge in [0, 0.05) is 18.5 Å². The van der Waals surface area contributed by atoms with E-state index in [2.05, 4.69) is 0 Å². The molecular formula is C15H12NO5-. The molecule has 0 radical (unpaired) electrons. The fourth-order valence-electron chi connectivity index (χ4n) is 1.84. The van der Waals surface area contributed by atoms with E-state index in [9.17, 15) is 20.0 Å². The van der Waals surface area contributed by atoms with Crippen molar-refractivity contribution in [3.8, 4) is 5.75 Å². The number of nitrogens with zero attached hydrogens (tertiary/aromatic N) is 1. The Morgan fingerprint density at radius 3 is 2.43 bits per heavy atom. The Labute approximate surface area is 120 Å². The van der Waals surface area contributed by atoms with Crippen LogP contribution in [-0.4, -0.2) is 10.9 Å². The summed E-state index contributed by atoms with van der Waals surface area (Å²) in [5, 5.41) is 21.6. The van der Waals surface area contributed by atoms with Crippen LogP contribution in [0.25, 0.3) is 0 Å². The van der Waals surface area contributed by atoms with Crippen LogP contribution in [0.15, 0.2) is 48.5 Å². The molecule has 0 heterocycles. The fraction of sp³-hybridized carbons (Fsp3) is 0.133. The Bertz CT molecular complexity index is 654. The maximum Gasteiger partial charge on any atom is 0.311 e. The second-order valence-corrected chi connectivity index (χ2v) is 4.38. The van der Waals surface area contributed by atoms with Crippen molar-refractivity contribution >= 4 is 11.7 Å². The molecule has 0 unspecified atom stereocenters. The summed E-state index contributed by atoms with van der Waals surface area (Å²) in [4.78, 5) is 21.0. The standard InChI is InChI=1S/C15H13NO5/c17-15(18)9-12-6-7-14(13(8-12)16(19)20)21-10-11-4-2-1-3-5-11/h1-8H,9-10H2,(H,17,18)/p-1. The quantitative estimate of drug-likeness (QED) is 0.592. The average molecular weight is 286 g/mol. The van der Waals surface area contributed by atoms with Crippen LogP contribution in [0, 0.1) is 10.1 Å². The van der Waals surface area contributed by atoms with E-state index < -0.39 is 10.9 Å². The molecule has 0 aliphatic heterocycles. The van der Waals surface area contributed by atoms with Crippen molar-refractivity contribution < 1.29 is 19.6 Å². The third kappa shape index (κ3) is 4.04. The molecule has 0 aliphatic carbocycles. The maximum absolute atomic E-state index is 11.0. The molecule has 108 valence electrons. The molecule has 0 aromatic heterocycles. The summed E-state index contributed by atoms with van der Waals surface area (Å²) in [6.45, 7) is 0.196. The number of hydrogen-bond acceptors (Lipinski definition) is 5. The highest BCUT2D eigenvalue weighted by Gasteiger charge is 2.16. The second kappa shape index (κ2) is 6.51. The average Bonchev–Trinajstić information content (AvgIpc) is 2.46. The van der Waals surface area contributed by atoms with Gasteiger partial charge in [0.2, 0.25) is 0 Å². The summed E-state index contributed by atoms with van der Waals surface area (Å²) in [6.07, 6.45) is -0.375. The zero-order chi connectivity index (χ0) is 15.2. The number of hydrogen-bond donors (Lipinski definition) is 0. The number of aliphatic carboxylic acids is 1. The molecule has 6 heteroatoms. The van der Waals surface area contributed by atoms with Gasteiger partial charge in [0.1, 0.15) is 6.61 Å². The minimum absolute atomic E-state index is 0.103. The van der Waals surface area contributed by atoms with E-state index in [1.165, 1.54) is 18.2 Å². The molecule has 2 aromatic rings. The highest BCUT2D eigenvalue weighted by atomic mass is 16.6. The van der Waals surface area contributed by atoms with Gasteiger partial charge >= 0.3 is 5.69 Å². The number of ether oxygens (including phenoxy) is 1. The molecule has 6 nitrogen and oxygen atoms in total. The largest absolute Gasteiger partial charge is 0.550 e. The van der Waals surface area contributed by atoms with Crippen molar-refractivity contribution in [2.45, 2.75) is 13.0 Å². The van der Waals surface area contributed by atoms with E-state index in [1.807, 2.05) is 30.3 Å². The summed E-state index contributed by atoms with van der Waals surface area (Å²) >= 11 is 0. The first-order chi connectivity index (χ1) is 10.1. The molecule has 0 atom stereocenters. The van der Waals surface area contributed by atoms with Crippen molar-refractivity contribution in [1.29, 1.82) is 0 Å². The summed E-state index contributed by atoms with van der Waals surface area (Å²) in [6, 6.07) is 13.3. The Morgan fingerprint density at radius 1 is 1.10 bits per heavy atom. The lowest BCUT2D eigenvalue weighted by atomic mass is 10.1. The number of carboxylic acid groups (broad SMARTS) is 1. The number of carboxylic acids is 1. The summed E-state index contributed by atoms with van der Waals surface area (Å²) in [7, 11) is 0. The van der Waals surface area contributed by atoms with Gasteiger partial charge in [-0.2, -0.15) is 0 Å². The van der Waals surface area contributed by atoms with Gasteiger partial charge in [-0.05, 0) is 17.2 Å². The molecule has 0 N–H and O–H groups in total. The predicted octanol–water partition coefficient (Wildman–Crippen LogP) is 1.47. The molecular weight excluding hydrogens is 274 g/mol. The van der Waals surface area contributed by atoms with E-state index in [0.717, 1.165) is 5.56 Å². The van der Waals surface area contributed by atoms with E-state index >= 15 is 0 Å². The van der Waals surface area contributed by atoms with Crippen LogP contribution in [0.1, 0.15) is 11.1 Å². The summed E-state index contributed by atoms with van der Waals surface area (Å²) < 4.78 is 5.44. The second-order valence-electron chi connectivity index (χ2n) is 4.38. The molecule has 0 amide bonds. The normalized spacial score (nSPS) is 10.1. The van der Waals surface area contributed by atoms with Gasteiger partial charge in [-0.25, -0.2) is 0 Å².